The number of hydrogen-bond donors (Lipinski definition) is 1. The first-order chi connectivity index (χ1) is 16.3. The van der Waals surface area contributed by atoms with Crippen LogP contribution in [0.25, 0.3) is 22.5 Å². The van der Waals surface area contributed by atoms with Crippen LogP contribution in [0, 0.1) is 0 Å². The lowest BCUT2D eigenvalue weighted by Crippen LogP contribution is -2.07. The minimum atomic E-state index is 0.539. The maximum absolute atomic E-state index is 4.88. The third-order valence-electron chi connectivity index (χ3n) is 5.80. The number of tetrazole rings is 1. The molecule has 172 valence electrons. The lowest BCUT2D eigenvalue weighted by Gasteiger charge is -2.09. The lowest BCUT2D eigenvalue weighted by molar-refractivity contribution is 0.601. The molecule has 3 heterocycles. The highest BCUT2D eigenvalue weighted by molar-refractivity contribution is 5.79. The zero-order valence-corrected chi connectivity index (χ0v) is 19.5. The van der Waals surface area contributed by atoms with E-state index in [1.54, 1.807) is 12.4 Å². The van der Waals surface area contributed by atoms with Gasteiger partial charge in [0.25, 0.3) is 0 Å². The standard InChI is InChI=1S/C25H32N8/c1-3-5-7-9-23-27-24(10-8-6-4-2)33(30-23)18-19-11-13-20(14-12-19)21-15-16-26-17-22(21)25-28-31-32-29-25/h11-17H,3-10,18H2,1-2H3,(H,28,29,31,32). The highest BCUT2D eigenvalue weighted by atomic mass is 15.5. The summed E-state index contributed by atoms with van der Waals surface area (Å²) in [6, 6.07) is 10.6. The van der Waals surface area contributed by atoms with Crippen molar-refractivity contribution in [3.8, 4) is 22.5 Å². The molecule has 4 aromatic rings. The Morgan fingerprint density at radius 1 is 0.879 bits per heavy atom. The van der Waals surface area contributed by atoms with Crippen molar-refractivity contribution in [1.82, 2.24) is 40.4 Å². The van der Waals surface area contributed by atoms with Crippen LogP contribution in [0.4, 0.5) is 0 Å². The lowest BCUT2D eigenvalue weighted by atomic mass is 10.00. The van der Waals surface area contributed by atoms with E-state index in [4.69, 9.17) is 10.1 Å². The Kier molecular flexibility index (Phi) is 7.90. The summed E-state index contributed by atoms with van der Waals surface area (Å²) in [6.07, 6.45) is 12.7. The number of unbranched alkanes of at least 4 members (excludes halogenated alkanes) is 4. The summed E-state index contributed by atoms with van der Waals surface area (Å²) < 4.78 is 2.10. The van der Waals surface area contributed by atoms with Gasteiger partial charge in [-0.2, -0.15) is 10.3 Å². The molecule has 0 amide bonds. The third kappa shape index (κ3) is 5.88. The maximum Gasteiger partial charge on any atom is 0.206 e. The van der Waals surface area contributed by atoms with Gasteiger partial charge in [0, 0.05) is 30.8 Å². The van der Waals surface area contributed by atoms with Gasteiger partial charge in [-0.05, 0) is 40.8 Å². The largest absolute Gasteiger partial charge is 0.264 e. The summed E-state index contributed by atoms with van der Waals surface area (Å²) >= 11 is 0. The molecule has 0 fully saturated rings. The Hall–Kier alpha value is -3.42. The fraction of sp³-hybridized carbons (Fsp3) is 0.440. The van der Waals surface area contributed by atoms with Gasteiger partial charge in [-0.1, -0.05) is 63.8 Å². The monoisotopic (exact) mass is 444 g/mol. The van der Waals surface area contributed by atoms with Crippen molar-refractivity contribution in [3.63, 3.8) is 0 Å². The summed E-state index contributed by atoms with van der Waals surface area (Å²) in [5, 5.41) is 19.3. The SMILES string of the molecule is CCCCCc1nc(CCCCC)n(Cc2ccc(-c3ccncc3-c3nn[nH]n3)cc2)n1. The molecule has 0 aliphatic rings. The van der Waals surface area contributed by atoms with Crippen LogP contribution >= 0.6 is 0 Å². The number of H-pyrrole nitrogens is 1. The number of pyridine rings is 1. The van der Waals surface area contributed by atoms with Gasteiger partial charge >= 0.3 is 0 Å². The predicted molar refractivity (Wildman–Crippen MR) is 128 cm³/mol. The Morgan fingerprint density at radius 2 is 1.67 bits per heavy atom. The molecule has 0 unspecified atom stereocenters. The number of aromatic amines is 1. The molecule has 0 atom stereocenters. The molecule has 8 heteroatoms. The van der Waals surface area contributed by atoms with E-state index in [1.165, 1.54) is 31.2 Å². The minimum absolute atomic E-state index is 0.539. The summed E-state index contributed by atoms with van der Waals surface area (Å²) in [7, 11) is 0. The van der Waals surface area contributed by atoms with Gasteiger partial charge in [-0.25, -0.2) is 9.67 Å². The van der Waals surface area contributed by atoms with E-state index >= 15 is 0 Å². The van der Waals surface area contributed by atoms with Gasteiger partial charge in [-0.3, -0.25) is 4.98 Å². The van der Waals surface area contributed by atoms with Gasteiger partial charge in [0.1, 0.15) is 5.82 Å². The summed E-state index contributed by atoms with van der Waals surface area (Å²) in [5.41, 5.74) is 4.17. The maximum atomic E-state index is 4.88. The van der Waals surface area contributed by atoms with E-state index in [0.29, 0.717) is 5.82 Å². The topological polar surface area (TPSA) is 98.1 Å². The van der Waals surface area contributed by atoms with Gasteiger partial charge in [-0.15, -0.1) is 10.2 Å². The van der Waals surface area contributed by atoms with Crippen LogP contribution in [-0.4, -0.2) is 40.4 Å². The van der Waals surface area contributed by atoms with E-state index in [9.17, 15) is 0 Å². The van der Waals surface area contributed by atoms with Crippen molar-refractivity contribution in [2.45, 2.75) is 71.8 Å². The van der Waals surface area contributed by atoms with Gasteiger partial charge in [0.15, 0.2) is 5.82 Å². The number of nitrogens with one attached hydrogen (secondary N) is 1. The Balaban J connectivity index is 1.52. The van der Waals surface area contributed by atoms with Crippen molar-refractivity contribution in [1.29, 1.82) is 0 Å². The summed E-state index contributed by atoms with van der Waals surface area (Å²) in [4.78, 5) is 9.11. The highest BCUT2D eigenvalue weighted by Crippen LogP contribution is 2.29. The molecule has 4 rings (SSSR count). The van der Waals surface area contributed by atoms with Crippen molar-refractivity contribution in [3.05, 3.63) is 59.9 Å². The average Bonchev–Trinajstić information content (AvgIpc) is 3.51. The molecule has 1 N–H and O–H groups in total. The number of aryl methyl sites for hydroxylation is 2. The fourth-order valence-electron chi connectivity index (χ4n) is 3.97. The Labute approximate surface area is 194 Å². The second-order valence-corrected chi connectivity index (χ2v) is 8.37. The van der Waals surface area contributed by atoms with Crippen LogP contribution in [0.2, 0.25) is 0 Å². The van der Waals surface area contributed by atoms with Crippen LogP contribution in [-0.2, 0) is 19.4 Å². The number of nitrogens with zero attached hydrogens (tertiary/aromatic N) is 7. The minimum Gasteiger partial charge on any atom is -0.264 e. The first kappa shape index (κ1) is 22.8. The molecule has 0 aliphatic carbocycles. The molecule has 0 aliphatic heterocycles. The van der Waals surface area contributed by atoms with Crippen LogP contribution in [0.15, 0.2) is 42.7 Å². The van der Waals surface area contributed by atoms with Crippen molar-refractivity contribution < 1.29 is 0 Å². The van der Waals surface area contributed by atoms with E-state index < -0.39 is 0 Å². The first-order valence-corrected chi connectivity index (χ1v) is 12.0. The van der Waals surface area contributed by atoms with Crippen LogP contribution in [0.1, 0.15) is 69.6 Å². The molecule has 0 saturated carbocycles. The Morgan fingerprint density at radius 3 is 2.39 bits per heavy atom. The van der Waals surface area contributed by atoms with E-state index in [-0.39, 0.29) is 0 Å². The molecule has 0 saturated heterocycles. The Bertz CT molecular complexity index is 1120. The van der Waals surface area contributed by atoms with Gasteiger partial charge < -0.3 is 0 Å². The molecule has 1 aromatic carbocycles. The second kappa shape index (κ2) is 11.4. The van der Waals surface area contributed by atoms with E-state index in [0.717, 1.165) is 60.6 Å². The quantitative estimate of drug-likeness (QED) is 0.308. The van der Waals surface area contributed by atoms with Crippen molar-refractivity contribution in [2.24, 2.45) is 0 Å². The molecular weight excluding hydrogens is 412 g/mol. The number of rotatable bonds is 12. The zero-order chi connectivity index (χ0) is 22.9. The van der Waals surface area contributed by atoms with Gasteiger partial charge in [0.05, 0.1) is 6.54 Å². The zero-order valence-electron chi connectivity index (χ0n) is 19.5. The second-order valence-electron chi connectivity index (χ2n) is 8.37. The smallest absolute Gasteiger partial charge is 0.206 e. The summed E-state index contributed by atoms with van der Waals surface area (Å²) in [5.74, 6) is 2.62. The van der Waals surface area contributed by atoms with E-state index in [2.05, 4.69) is 68.4 Å². The van der Waals surface area contributed by atoms with Crippen molar-refractivity contribution in [2.75, 3.05) is 0 Å². The molecular formula is C25H32N8. The van der Waals surface area contributed by atoms with Crippen LogP contribution in [0.5, 0.6) is 0 Å². The van der Waals surface area contributed by atoms with Crippen LogP contribution < -0.4 is 0 Å². The fourth-order valence-corrected chi connectivity index (χ4v) is 3.97. The first-order valence-electron chi connectivity index (χ1n) is 12.0. The average molecular weight is 445 g/mol. The predicted octanol–water partition coefficient (Wildman–Crippen LogP) is 5.03. The molecule has 0 bridgehead atoms. The molecule has 8 nitrogen and oxygen atoms in total. The van der Waals surface area contributed by atoms with Gasteiger partial charge in [0.2, 0.25) is 5.82 Å². The number of benzene rings is 1. The normalized spacial score (nSPS) is 11.2. The number of hydrogen-bond acceptors (Lipinski definition) is 6. The number of aromatic nitrogens is 8. The van der Waals surface area contributed by atoms with E-state index in [1.807, 2.05) is 6.07 Å². The molecule has 33 heavy (non-hydrogen) atoms. The molecule has 0 radical (unpaired) electrons. The summed E-state index contributed by atoms with van der Waals surface area (Å²) in [6.45, 7) is 5.19. The molecule has 3 aromatic heterocycles. The molecule has 0 spiro atoms. The third-order valence-corrected chi connectivity index (χ3v) is 5.80. The highest BCUT2D eigenvalue weighted by Gasteiger charge is 2.13. The van der Waals surface area contributed by atoms with Crippen molar-refractivity contribution >= 4 is 0 Å². The van der Waals surface area contributed by atoms with Crippen LogP contribution in [0.3, 0.4) is 0 Å².